The van der Waals surface area contributed by atoms with Crippen LogP contribution in [0.1, 0.15) is 34.8 Å². The van der Waals surface area contributed by atoms with Crippen molar-refractivity contribution in [1.29, 1.82) is 0 Å². The Labute approximate surface area is 158 Å². The molecule has 0 saturated heterocycles. The number of nitrogens with one attached hydrogen (secondary N) is 1. The Morgan fingerprint density at radius 2 is 1.70 bits per heavy atom. The summed E-state index contributed by atoms with van der Waals surface area (Å²) in [6.07, 6.45) is 2.27. The molecule has 1 amide bonds. The van der Waals surface area contributed by atoms with Crippen molar-refractivity contribution in [2.24, 2.45) is 5.92 Å². The molecule has 0 bridgehead atoms. The van der Waals surface area contributed by atoms with Crippen LogP contribution in [0, 0.1) is 5.92 Å². The average Bonchev–Trinajstić information content (AvgIpc) is 3.56. The van der Waals surface area contributed by atoms with Gasteiger partial charge in [-0.05, 0) is 53.3 Å². The van der Waals surface area contributed by atoms with Crippen molar-refractivity contribution >= 4 is 16.7 Å². The number of carbonyl (C=O) groups is 1. The molecule has 0 spiro atoms. The number of hydrogen-bond acceptors (Lipinski definition) is 3. The van der Waals surface area contributed by atoms with Crippen molar-refractivity contribution in [3.63, 3.8) is 0 Å². The van der Waals surface area contributed by atoms with E-state index in [9.17, 15) is 4.79 Å². The molecule has 1 saturated carbocycles. The normalized spacial score (nSPS) is 16.7. The quantitative estimate of drug-likeness (QED) is 0.746. The molecule has 1 N–H and O–H groups in total. The van der Waals surface area contributed by atoms with Gasteiger partial charge in [0.25, 0.3) is 5.91 Å². The van der Waals surface area contributed by atoms with Crippen molar-refractivity contribution in [3.05, 3.63) is 71.8 Å². The Bertz CT molecular complexity index is 1000. The first-order valence-electron chi connectivity index (χ1n) is 9.48. The zero-order valence-corrected chi connectivity index (χ0v) is 15.0. The van der Waals surface area contributed by atoms with Gasteiger partial charge in [-0.2, -0.15) is 0 Å². The third-order valence-electron chi connectivity index (χ3n) is 5.34. The minimum Gasteiger partial charge on any atom is -0.486 e. The maximum absolute atomic E-state index is 13.1. The third-order valence-corrected chi connectivity index (χ3v) is 5.34. The summed E-state index contributed by atoms with van der Waals surface area (Å²) >= 11 is 0. The minimum absolute atomic E-state index is 0.00713. The lowest BCUT2D eigenvalue weighted by molar-refractivity contribution is 0.0933. The molecule has 1 aliphatic carbocycles. The van der Waals surface area contributed by atoms with Crippen LogP contribution in [0.4, 0.5) is 0 Å². The summed E-state index contributed by atoms with van der Waals surface area (Å²) in [6.45, 7) is 1.14. The van der Waals surface area contributed by atoms with Gasteiger partial charge in [-0.3, -0.25) is 4.79 Å². The summed E-state index contributed by atoms with van der Waals surface area (Å²) in [6, 6.07) is 19.9. The second-order valence-electron chi connectivity index (χ2n) is 7.22. The summed E-state index contributed by atoms with van der Waals surface area (Å²) in [7, 11) is 0. The molecule has 2 aliphatic rings. The Balaban J connectivity index is 1.46. The number of ether oxygens (including phenoxy) is 2. The van der Waals surface area contributed by atoms with Crippen molar-refractivity contribution < 1.29 is 14.3 Å². The number of hydrogen-bond donors (Lipinski definition) is 1. The zero-order chi connectivity index (χ0) is 18.2. The van der Waals surface area contributed by atoms with E-state index in [1.807, 2.05) is 60.7 Å². The molecule has 3 aromatic carbocycles. The number of benzene rings is 3. The second-order valence-corrected chi connectivity index (χ2v) is 7.22. The fourth-order valence-corrected chi connectivity index (χ4v) is 3.80. The van der Waals surface area contributed by atoms with E-state index < -0.39 is 0 Å². The Hall–Kier alpha value is -3.01. The molecular weight excluding hydrogens is 338 g/mol. The van der Waals surface area contributed by atoms with Crippen LogP contribution >= 0.6 is 0 Å². The van der Waals surface area contributed by atoms with E-state index in [4.69, 9.17) is 9.47 Å². The lowest BCUT2D eigenvalue weighted by Crippen LogP contribution is -2.30. The first-order valence-corrected chi connectivity index (χ1v) is 9.48. The summed E-state index contributed by atoms with van der Waals surface area (Å²) in [4.78, 5) is 13.1. The number of fused-ring (bicyclic) bond motifs is 2. The molecule has 5 rings (SSSR count). The van der Waals surface area contributed by atoms with Gasteiger partial charge >= 0.3 is 0 Å². The van der Waals surface area contributed by atoms with Gasteiger partial charge in [-0.15, -0.1) is 0 Å². The van der Waals surface area contributed by atoms with Crippen molar-refractivity contribution in [1.82, 2.24) is 5.32 Å². The molecule has 1 aliphatic heterocycles. The number of amides is 1. The topological polar surface area (TPSA) is 47.6 Å². The molecule has 1 fully saturated rings. The SMILES string of the molecule is O=C(NC(c1ccc2c(c1)OCCO2)C1CC1)c1cccc2ccccc12. The van der Waals surface area contributed by atoms with Crippen LogP contribution < -0.4 is 14.8 Å². The van der Waals surface area contributed by atoms with E-state index in [2.05, 4.69) is 5.32 Å². The molecular formula is C23H21NO3. The second kappa shape index (κ2) is 6.62. The summed E-state index contributed by atoms with van der Waals surface area (Å²) in [5, 5.41) is 5.33. The van der Waals surface area contributed by atoms with E-state index in [0.717, 1.165) is 46.2 Å². The van der Waals surface area contributed by atoms with Crippen molar-refractivity contribution in [3.8, 4) is 11.5 Å². The Kier molecular flexibility index (Phi) is 3.97. The van der Waals surface area contributed by atoms with Gasteiger partial charge in [0.1, 0.15) is 13.2 Å². The largest absolute Gasteiger partial charge is 0.486 e. The highest BCUT2D eigenvalue weighted by molar-refractivity contribution is 6.07. The maximum atomic E-state index is 13.1. The van der Waals surface area contributed by atoms with Crippen LogP contribution in [0.5, 0.6) is 11.5 Å². The van der Waals surface area contributed by atoms with Crippen LogP contribution in [0.25, 0.3) is 10.8 Å². The highest BCUT2D eigenvalue weighted by Crippen LogP contribution is 2.43. The van der Waals surface area contributed by atoms with E-state index in [1.54, 1.807) is 0 Å². The molecule has 1 atom stereocenters. The molecule has 1 heterocycles. The average molecular weight is 359 g/mol. The van der Waals surface area contributed by atoms with Crippen molar-refractivity contribution in [2.75, 3.05) is 13.2 Å². The van der Waals surface area contributed by atoms with Gasteiger partial charge in [-0.1, -0.05) is 42.5 Å². The number of rotatable bonds is 4. The maximum Gasteiger partial charge on any atom is 0.252 e. The molecule has 1 unspecified atom stereocenters. The summed E-state index contributed by atoms with van der Waals surface area (Å²) < 4.78 is 11.3. The van der Waals surface area contributed by atoms with E-state index in [1.165, 1.54) is 0 Å². The third kappa shape index (κ3) is 3.12. The molecule has 0 aromatic heterocycles. The zero-order valence-electron chi connectivity index (χ0n) is 15.0. The molecule has 0 radical (unpaired) electrons. The predicted molar refractivity (Wildman–Crippen MR) is 104 cm³/mol. The van der Waals surface area contributed by atoms with Crippen molar-refractivity contribution in [2.45, 2.75) is 18.9 Å². The van der Waals surface area contributed by atoms with Gasteiger partial charge in [0.15, 0.2) is 11.5 Å². The van der Waals surface area contributed by atoms with E-state index >= 15 is 0 Å². The standard InChI is InChI=1S/C23H21NO3/c25-23(19-7-3-5-15-4-1-2-6-18(15)19)24-22(16-8-9-16)17-10-11-20-21(14-17)27-13-12-26-20/h1-7,10-11,14,16,22H,8-9,12-13H2,(H,24,25). The minimum atomic E-state index is -0.0291. The fraction of sp³-hybridized carbons (Fsp3) is 0.261. The molecule has 27 heavy (non-hydrogen) atoms. The van der Waals surface area contributed by atoms with Crippen LogP contribution in [-0.4, -0.2) is 19.1 Å². The van der Waals surface area contributed by atoms with Gasteiger partial charge in [-0.25, -0.2) is 0 Å². The van der Waals surface area contributed by atoms with Crippen LogP contribution in [0.15, 0.2) is 60.7 Å². The first kappa shape index (κ1) is 16.2. The first-order chi connectivity index (χ1) is 13.3. The number of carbonyl (C=O) groups excluding carboxylic acids is 1. The van der Waals surface area contributed by atoms with Crippen LogP contribution in [0.2, 0.25) is 0 Å². The molecule has 136 valence electrons. The molecule has 4 nitrogen and oxygen atoms in total. The monoisotopic (exact) mass is 359 g/mol. The van der Waals surface area contributed by atoms with E-state index in [-0.39, 0.29) is 11.9 Å². The van der Waals surface area contributed by atoms with Gasteiger partial charge in [0, 0.05) is 5.56 Å². The Morgan fingerprint density at radius 3 is 2.56 bits per heavy atom. The van der Waals surface area contributed by atoms with Gasteiger partial charge in [0.2, 0.25) is 0 Å². The Morgan fingerprint density at radius 1 is 0.926 bits per heavy atom. The van der Waals surface area contributed by atoms with Gasteiger partial charge < -0.3 is 14.8 Å². The highest BCUT2D eigenvalue weighted by atomic mass is 16.6. The summed E-state index contributed by atoms with van der Waals surface area (Å²) in [5.74, 6) is 1.99. The van der Waals surface area contributed by atoms with E-state index in [0.29, 0.717) is 19.1 Å². The fourth-order valence-electron chi connectivity index (χ4n) is 3.80. The highest BCUT2D eigenvalue weighted by Gasteiger charge is 2.34. The summed E-state index contributed by atoms with van der Waals surface area (Å²) in [5.41, 5.74) is 1.80. The lowest BCUT2D eigenvalue weighted by Gasteiger charge is -2.23. The predicted octanol–water partition coefficient (Wildman–Crippen LogP) is 4.49. The molecule has 3 aromatic rings. The lowest BCUT2D eigenvalue weighted by atomic mass is 9.99. The van der Waals surface area contributed by atoms with Gasteiger partial charge in [0.05, 0.1) is 6.04 Å². The smallest absolute Gasteiger partial charge is 0.252 e. The van der Waals surface area contributed by atoms with Crippen LogP contribution in [-0.2, 0) is 0 Å². The van der Waals surface area contributed by atoms with Crippen LogP contribution in [0.3, 0.4) is 0 Å². The molecule has 4 heteroatoms.